The molecule has 1 heterocycles. The lowest BCUT2D eigenvalue weighted by atomic mass is 10.0. The highest BCUT2D eigenvalue weighted by molar-refractivity contribution is 5.81. The Kier molecular flexibility index (Phi) is 4.70. The van der Waals surface area contributed by atoms with E-state index in [1.807, 2.05) is 14.1 Å². The quantitative estimate of drug-likeness (QED) is 0.678. The molecule has 0 saturated carbocycles. The van der Waals surface area contributed by atoms with E-state index in [0.29, 0.717) is 19.7 Å². The number of morpholine rings is 1. The number of likely N-dealkylation sites (N-methyl/N-ethyl adjacent to an activating group) is 1. The molecule has 0 bridgehead atoms. The summed E-state index contributed by atoms with van der Waals surface area (Å²) < 4.78 is 5.38. The third-order valence-corrected chi connectivity index (χ3v) is 3.13. The van der Waals surface area contributed by atoms with Gasteiger partial charge >= 0.3 is 0 Å². The number of carbonyl (C=O) groups is 1. The summed E-state index contributed by atoms with van der Waals surface area (Å²) in [5, 5.41) is 6.07. The van der Waals surface area contributed by atoms with Crippen LogP contribution >= 0.6 is 0 Å². The molecule has 1 rings (SSSR count). The van der Waals surface area contributed by atoms with E-state index in [-0.39, 0.29) is 17.6 Å². The summed E-state index contributed by atoms with van der Waals surface area (Å²) in [5.41, 5.74) is -0.0439. The lowest BCUT2D eigenvalue weighted by Crippen LogP contribution is -2.53. The first kappa shape index (κ1) is 13.4. The topological polar surface area (TPSA) is 53.6 Å². The Morgan fingerprint density at radius 2 is 2.25 bits per heavy atom. The minimum absolute atomic E-state index is 0.0258. The molecule has 0 aromatic heterocycles. The van der Waals surface area contributed by atoms with Crippen molar-refractivity contribution >= 4 is 5.91 Å². The summed E-state index contributed by atoms with van der Waals surface area (Å²) in [6.07, 6.45) is -0.341. The van der Waals surface area contributed by atoms with Gasteiger partial charge in [0.15, 0.2) is 0 Å². The average molecular weight is 229 g/mol. The van der Waals surface area contributed by atoms with Gasteiger partial charge in [-0.15, -0.1) is 0 Å². The summed E-state index contributed by atoms with van der Waals surface area (Å²) in [6.45, 7) is 6.84. The fourth-order valence-electron chi connectivity index (χ4n) is 1.31. The van der Waals surface area contributed by atoms with E-state index < -0.39 is 0 Å². The van der Waals surface area contributed by atoms with E-state index in [4.69, 9.17) is 4.74 Å². The van der Waals surface area contributed by atoms with Crippen LogP contribution in [0.15, 0.2) is 0 Å². The predicted octanol–water partition coefficient (Wildman–Crippen LogP) is -0.569. The maximum Gasteiger partial charge on any atom is 0.250 e. The second-order valence-corrected chi connectivity index (χ2v) is 4.99. The molecule has 0 radical (unpaired) electrons. The number of nitrogens with zero attached hydrogens (tertiary/aromatic N) is 1. The van der Waals surface area contributed by atoms with Crippen LogP contribution < -0.4 is 10.6 Å². The van der Waals surface area contributed by atoms with Gasteiger partial charge in [-0.1, -0.05) is 0 Å². The first-order valence-electron chi connectivity index (χ1n) is 5.71. The molecule has 1 atom stereocenters. The van der Waals surface area contributed by atoms with Crippen LogP contribution in [0.3, 0.4) is 0 Å². The van der Waals surface area contributed by atoms with Crippen molar-refractivity contribution < 1.29 is 9.53 Å². The average Bonchev–Trinajstić information content (AvgIpc) is 2.27. The molecule has 0 aromatic rings. The molecule has 1 amide bonds. The van der Waals surface area contributed by atoms with Gasteiger partial charge in [-0.05, 0) is 27.9 Å². The van der Waals surface area contributed by atoms with Crippen LogP contribution in [0.4, 0.5) is 0 Å². The zero-order chi connectivity index (χ0) is 12.2. The number of amides is 1. The van der Waals surface area contributed by atoms with E-state index in [9.17, 15) is 4.79 Å². The zero-order valence-electron chi connectivity index (χ0n) is 10.7. The smallest absolute Gasteiger partial charge is 0.250 e. The lowest BCUT2D eigenvalue weighted by molar-refractivity contribution is -0.134. The Labute approximate surface area is 97.5 Å². The van der Waals surface area contributed by atoms with E-state index in [2.05, 4.69) is 29.4 Å². The Hall–Kier alpha value is -0.650. The maximum atomic E-state index is 11.8. The second kappa shape index (κ2) is 5.61. The molecule has 1 fully saturated rings. The van der Waals surface area contributed by atoms with Crippen molar-refractivity contribution in [2.45, 2.75) is 25.5 Å². The molecule has 5 heteroatoms. The van der Waals surface area contributed by atoms with Crippen LogP contribution in [0.2, 0.25) is 0 Å². The van der Waals surface area contributed by atoms with Gasteiger partial charge in [0.05, 0.1) is 6.61 Å². The van der Waals surface area contributed by atoms with E-state index in [1.165, 1.54) is 0 Å². The molecule has 1 aliphatic heterocycles. The molecule has 94 valence electrons. The van der Waals surface area contributed by atoms with Gasteiger partial charge in [0, 0.05) is 25.2 Å². The normalized spacial score (nSPS) is 22.2. The molecule has 0 aromatic carbocycles. The molecule has 0 spiro atoms. The van der Waals surface area contributed by atoms with Crippen molar-refractivity contribution in [3.63, 3.8) is 0 Å². The van der Waals surface area contributed by atoms with Crippen LogP contribution in [-0.2, 0) is 9.53 Å². The SMILES string of the molecule is CN(C)C(C)(C)CNC(=O)C1CNCCO1. The number of nitrogens with one attached hydrogen (secondary N) is 2. The van der Waals surface area contributed by atoms with Gasteiger partial charge in [0.2, 0.25) is 0 Å². The third-order valence-electron chi connectivity index (χ3n) is 3.13. The summed E-state index contributed by atoms with van der Waals surface area (Å²) in [4.78, 5) is 13.9. The number of hydrogen-bond acceptors (Lipinski definition) is 4. The van der Waals surface area contributed by atoms with Crippen LogP contribution in [0.25, 0.3) is 0 Å². The number of ether oxygens (including phenoxy) is 1. The van der Waals surface area contributed by atoms with Gasteiger partial charge < -0.3 is 20.3 Å². The minimum Gasteiger partial charge on any atom is -0.366 e. The molecule has 1 saturated heterocycles. The number of hydrogen-bond donors (Lipinski definition) is 2. The fourth-order valence-corrected chi connectivity index (χ4v) is 1.31. The molecule has 16 heavy (non-hydrogen) atoms. The molecular formula is C11H23N3O2. The zero-order valence-corrected chi connectivity index (χ0v) is 10.7. The summed E-state index contributed by atoms with van der Waals surface area (Å²) >= 11 is 0. The van der Waals surface area contributed by atoms with E-state index in [1.54, 1.807) is 0 Å². The fraction of sp³-hybridized carbons (Fsp3) is 0.909. The standard InChI is InChI=1S/C11H23N3O2/c1-11(2,14(3)4)8-13-10(15)9-7-12-5-6-16-9/h9,12H,5-8H2,1-4H3,(H,13,15). The highest BCUT2D eigenvalue weighted by Gasteiger charge is 2.25. The first-order chi connectivity index (χ1) is 7.43. The molecule has 0 aliphatic carbocycles. The summed E-state index contributed by atoms with van der Waals surface area (Å²) in [7, 11) is 4.01. The number of rotatable bonds is 4. The van der Waals surface area contributed by atoms with Crippen molar-refractivity contribution in [3.8, 4) is 0 Å². The molecular weight excluding hydrogens is 206 g/mol. The van der Waals surface area contributed by atoms with Gasteiger partial charge in [-0.2, -0.15) is 0 Å². The molecule has 2 N–H and O–H groups in total. The van der Waals surface area contributed by atoms with Crippen molar-refractivity contribution in [2.24, 2.45) is 0 Å². The Morgan fingerprint density at radius 1 is 1.56 bits per heavy atom. The monoisotopic (exact) mass is 229 g/mol. The number of carbonyl (C=O) groups excluding carboxylic acids is 1. The van der Waals surface area contributed by atoms with Crippen molar-refractivity contribution in [2.75, 3.05) is 40.3 Å². The Balaban J connectivity index is 2.34. The molecule has 5 nitrogen and oxygen atoms in total. The van der Waals surface area contributed by atoms with Crippen molar-refractivity contribution in [1.29, 1.82) is 0 Å². The molecule has 1 aliphatic rings. The minimum atomic E-state index is -0.341. The third kappa shape index (κ3) is 3.73. The maximum absolute atomic E-state index is 11.8. The largest absolute Gasteiger partial charge is 0.366 e. The second-order valence-electron chi connectivity index (χ2n) is 4.99. The summed E-state index contributed by atoms with van der Waals surface area (Å²) in [6, 6.07) is 0. The van der Waals surface area contributed by atoms with Crippen LogP contribution in [-0.4, -0.2) is 62.8 Å². The summed E-state index contributed by atoms with van der Waals surface area (Å²) in [5.74, 6) is -0.0258. The van der Waals surface area contributed by atoms with Gasteiger partial charge in [-0.3, -0.25) is 4.79 Å². The highest BCUT2D eigenvalue weighted by Crippen LogP contribution is 2.08. The van der Waals surface area contributed by atoms with Crippen LogP contribution in [0.1, 0.15) is 13.8 Å². The lowest BCUT2D eigenvalue weighted by Gasteiger charge is -2.33. The Morgan fingerprint density at radius 3 is 2.75 bits per heavy atom. The van der Waals surface area contributed by atoms with Crippen LogP contribution in [0, 0.1) is 0 Å². The van der Waals surface area contributed by atoms with Crippen LogP contribution in [0.5, 0.6) is 0 Å². The van der Waals surface area contributed by atoms with Gasteiger partial charge in [0.1, 0.15) is 6.10 Å². The van der Waals surface area contributed by atoms with Crippen molar-refractivity contribution in [3.05, 3.63) is 0 Å². The highest BCUT2D eigenvalue weighted by atomic mass is 16.5. The Bertz CT molecular complexity index is 235. The van der Waals surface area contributed by atoms with Gasteiger partial charge in [-0.25, -0.2) is 0 Å². The van der Waals surface area contributed by atoms with E-state index in [0.717, 1.165) is 6.54 Å². The first-order valence-corrected chi connectivity index (χ1v) is 5.71. The van der Waals surface area contributed by atoms with E-state index >= 15 is 0 Å². The molecule has 1 unspecified atom stereocenters. The predicted molar refractivity (Wildman–Crippen MR) is 63.4 cm³/mol. The van der Waals surface area contributed by atoms with Crippen molar-refractivity contribution in [1.82, 2.24) is 15.5 Å². The van der Waals surface area contributed by atoms with Gasteiger partial charge in [0.25, 0.3) is 5.91 Å².